The highest BCUT2D eigenvalue weighted by Crippen LogP contribution is 2.44. The molecular formula is C33H32N2O4. The number of carboxylic acid groups (broad SMARTS) is 1. The molecule has 3 heterocycles. The highest BCUT2D eigenvalue weighted by Gasteiger charge is 2.43. The molecule has 4 aromatic rings. The number of fused-ring (bicyclic) bond motifs is 3. The Morgan fingerprint density at radius 2 is 1.69 bits per heavy atom. The molecule has 6 heteroatoms. The van der Waals surface area contributed by atoms with Crippen LogP contribution in [0, 0.1) is 0 Å². The van der Waals surface area contributed by atoms with Crippen molar-refractivity contribution in [1.82, 2.24) is 9.88 Å². The first-order valence-corrected chi connectivity index (χ1v) is 13.7. The van der Waals surface area contributed by atoms with Crippen LogP contribution in [0.1, 0.15) is 59.2 Å². The number of carboxylic acids is 1. The molecule has 1 saturated heterocycles. The van der Waals surface area contributed by atoms with Gasteiger partial charge in [-0.15, -0.1) is 0 Å². The molecule has 0 unspecified atom stereocenters. The molecule has 6 nitrogen and oxygen atoms in total. The predicted molar refractivity (Wildman–Crippen MR) is 150 cm³/mol. The number of piperidine rings is 1. The molecule has 0 radical (unpaired) electrons. The van der Waals surface area contributed by atoms with E-state index in [4.69, 9.17) is 14.8 Å². The van der Waals surface area contributed by atoms with E-state index in [1.165, 1.54) is 11.1 Å². The van der Waals surface area contributed by atoms with Gasteiger partial charge in [0.1, 0.15) is 0 Å². The quantitative estimate of drug-likeness (QED) is 0.287. The van der Waals surface area contributed by atoms with Crippen LogP contribution < -0.4 is 0 Å². The van der Waals surface area contributed by atoms with E-state index in [-0.39, 0.29) is 17.9 Å². The molecule has 0 saturated carbocycles. The zero-order chi connectivity index (χ0) is 26.8. The molecular weight excluding hydrogens is 488 g/mol. The van der Waals surface area contributed by atoms with Crippen molar-refractivity contribution in [2.45, 2.75) is 50.7 Å². The molecule has 0 bridgehead atoms. The molecule has 1 amide bonds. The summed E-state index contributed by atoms with van der Waals surface area (Å²) in [5, 5.41) is 9.95. The third-order valence-corrected chi connectivity index (χ3v) is 8.15. The van der Waals surface area contributed by atoms with Crippen LogP contribution in [-0.2, 0) is 28.2 Å². The van der Waals surface area contributed by atoms with Gasteiger partial charge in [-0.1, -0.05) is 54.6 Å². The van der Waals surface area contributed by atoms with Gasteiger partial charge in [-0.05, 0) is 73.1 Å². The van der Waals surface area contributed by atoms with E-state index >= 15 is 0 Å². The van der Waals surface area contributed by atoms with Crippen LogP contribution in [0.2, 0.25) is 0 Å². The van der Waals surface area contributed by atoms with Gasteiger partial charge < -0.3 is 14.7 Å². The molecule has 1 fully saturated rings. The molecule has 0 aliphatic carbocycles. The number of likely N-dealkylation sites (tertiary alicyclic amines) is 1. The van der Waals surface area contributed by atoms with Gasteiger partial charge in [0.25, 0.3) is 5.91 Å². The Labute approximate surface area is 228 Å². The first-order chi connectivity index (χ1) is 19.0. The molecule has 2 aliphatic heterocycles. The standard InChI is InChI=1S/C33H32N2O4/c36-30(37)13-7-5-10-24-20-27-21-25(14-15-29(27)34-31(24)23-8-2-1-3-9-23)32(38)35-18-16-33(17-19-35)28-12-6-4-11-26(28)22-39-33/h1-4,6,8-9,11-12,14-15,20-21H,5,7,10,13,16-19,22H2,(H,36,37). The summed E-state index contributed by atoms with van der Waals surface area (Å²) in [6, 6.07) is 26.4. The summed E-state index contributed by atoms with van der Waals surface area (Å²) >= 11 is 0. The fraction of sp³-hybridized carbons (Fsp3) is 0.303. The van der Waals surface area contributed by atoms with Crippen molar-refractivity contribution in [3.05, 3.63) is 101 Å². The van der Waals surface area contributed by atoms with Crippen molar-refractivity contribution in [1.29, 1.82) is 0 Å². The van der Waals surface area contributed by atoms with Crippen molar-refractivity contribution in [2.75, 3.05) is 13.1 Å². The molecule has 3 aromatic carbocycles. The zero-order valence-corrected chi connectivity index (χ0v) is 21.9. The molecule has 2 aliphatic rings. The summed E-state index contributed by atoms with van der Waals surface area (Å²) in [5.41, 5.74) is 6.78. The van der Waals surface area contributed by atoms with Gasteiger partial charge in [-0.2, -0.15) is 0 Å². The average molecular weight is 521 g/mol. The maximum absolute atomic E-state index is 13.5. The summed E-state index contributed by atoms with van der Waals surface area (Å²) in [6.07, 6.45) is 3.86. The second-order valence-electron chi connectivity index (χ2n) is 10.6. The maximum Gasteiger partial charge on any atom is 0.303 e. The number of hydrogen-bond donors (Lipinski definition) is 1. The van der Waals surface area contributed by atoms with Crippen molar-refractivity contribution < 1.29 is 19.4 Å². The first kappa shape index (κ1) is 25.3. The summed E-state index contributed by atoms with van der Waals surface area (Å²) in [7, 11) is 0. The van der Waals surface area contributed by atoms with Crippen LogP contribution in [0.15, 0.2) is 78.9 Å². The highest BCUT2D eigenvalue weighted by atomic mass is 16.5. The smallest absolute Gasteiger partial charge is 0.303 e. The van der Waals surface area contributed by atoms with Crippen molar-refractivity contribution in [3.8, 4) is 11.3 Å². The number of ether oxygens (including phenoxy) is 1. The summed E-state index contributed by atoms with van der Waals surface area (Å²) in [6.45, 7) is 1.96. The Morgan fingerprint density at radius 1 is 0.923 bits per heavy atom. The lowest BCUT2D eigenvalue weighted by Crippen LogP contribution is -2.45. The maximum atomic E-state index is 13.5. The van der Waals surface area contributed by atoms with E-state index in [9.17, 15) is 9.59 Å². The second kappa shape index (κ2) is 10.6. The number of amides is 1. The number of carbonyl (C=O) groups excluding carboxylic acids is 1. The minimum absolute atomic E-state index is 0.0353. The minimum Gasteiger partial charge on any atom is -0.481 e. The lowest BCUT2D eigenvalue weighted by molar-refractivity contribution is -0.137. The van der Waals surface area contributed by atoms with E-state index in [2.05, 4.69) is 30.3 Å². The Balaban J connectivity index is 1.23. The number of nitrogens with zero attached hydrogens (tertiary/aromatic N) is 2. The van der Waals surface area contributed by atoms with E-state index in [1.54, 1.807) is 0 Å². The van der Waals surface area contributed by atoms with Gasteiger partial charge in [-0.3, -0.25) is 9.59 Å². The van der Waals surface area contributed by atoms with Crippen molar-refractivity contribution in [3.63, 3.8) is 0 Å². The van der Waals surface area contributed by atoms with Gasteiger partial charge in [0.05, 0.1) is 23.4 Å². The minimum atomic E-state index is -0.773. The Bertz CT molecular complexity index is 1520. The molecule has 198 valence electrons. The monoisotopic (exact) mass is 520 g/mol. The summed E-state index contributed by atoms with van der Waals surface area (Å²) in [5.74, 6) is -0.737. The number of aromatic nitrogens is 1. The molecule has 6 rings (SSSR count). The first-order valence-electron chi connectivity index (χ1n) is 13.7. The fourth-order valence-electron chi connectivity index (χ4n) is 6.03. The number of pyridine rings is 1. The summed E-state index contributed by atoms with van der Waals surface area (Å²) in [4.78, 5) is 31.5. The van der Waals surface area contributed by atoms with Gasteiger partial charge in [0.2, 0.25) is 0 Å². The van der Waals surface area contributed by atoms with Gasteiger partial charge in [0.15, 0.2) is 0 Å². The number of benzene rings is 3. The normalized spacial score (nSPS) is 15.9. The van der Waals surface area contributed by atoms with Crippen LogP contribution >= 0.6 is 0 Å². The number of hydrogen-bond acceptors (Lipinski definition) is 4. The van der Waals surface area contributed by atoms with Crippen LogP contribution in [0.4, 0.5) is 0 Å². The lowest BCUT2D eigenvalue weighted by Gasteiger charge is -2.39. The number of aryl methyl sites for hydroxylation is 1. The zero-order valence-electron chi connectivity index (χ0n) is 21.9. The predicted octanol–water partition coefficient (Wildman–Crippen LogP) is 6.36. The molecule has 39 heavy (non-hydrogen) atoms. The third kappa shape index (κ3) is 5.04. The van der Waals surface area contributed by atoms with Crippen LogP contribution in [0.25, 0.3) is 22.2 Å². The Hall–Kier alpha value is -4.03. The highest BCUT2D eigenvalue weighted by molar-refractivity contribution is 5.98. The lowest BCUT2D eigenvalue weighted by atomic mass is 9.83. The summed E-state index contributed by atoms with van der Waals surface area (Å²) < 4.78 is 6.28. The fourth-order valence-corrected chi connectivity index (χ4v) is 6.03. The number of aliphatic carboxylic acids is 1. The molecule has 1 spiro atoms. The number of rotatable bonds is 7. The Morgan fingerprint density at radius 3 is 2.49 bits per heavy atom. The van der Waals surface area contributed by atoms with E-state index in [0.717, 1.165) is 53.4 Å². The van der Waals surface area contributed by atoms with E-state index in [0.29, 0.717) is 31.7 Å². The molecule has 1 aromatic heterocycles. The van der Waals surface area contributed by atoms with Gasteiger partial charge in [-0.25, -0.2) is 4.98 Å². The van der Waals surface area contributed by atoms with Gasteiger partial charge in [0, 0.05) is 36.0 Å². The average Bonchev–Trinajstić information content (AvgIpc) is 3.32. The molecule has 0 atom stereocenters. The topological polar surface area (TPSA) is 79.7 Å². The van der Waals surface area contributed by atoms with Crippen LogP contribution in [-0.4, -0.2) is 40.0 Å². The third-order valence-electron chi connectivity index (χ3n) is 8.15. The number of carbonyl (C=O) groups is 2. The SMILES string of the molecule is O=C(O)CCCCc1cc2cc(C(=O)N3CCC4(CC3)OCc3ccccc34)ccc2nc1-c1ccccc1. The molecule has 1 N–H and O–H groups in total. The van der Waals surface area contributed by atoms with Gasteiger partial charge >= 0.3 is 5.97 Å². The van der Waals surface area contributed by atoms with E-state index < -0.39 is 5.97 Å². The van der Waals surface area contributed by atoms with Crippen molar-refractivity contribution in [2.24, 2.45) is 0 Å². The van der Waals surface area contributed by atoms with Crippen LogP contribution in [0.5, 0.6) is 0 Å². The van der Waals surface area contributed by atoms with E-state index in [1.807, 2.05) is 53.4 Å². The number of unbranched alkanes of at least 4 members (excludes halogenated alkanes) is 1. The largest absolute Gasteiger partial charge is 0.481 e. The second-order valence-corrected chi connectivity index (χ2v) is 10.6. The van der Waals surface area contributed by atoms with Crippen LogP contribution in [0.3, 0.4) is 0 Å². The Kier molecular flexibility index (Phi) is 6.88. The van der Waals surface area contributed by atoms with Crippen molar-refractivity contribution >= 4 is 22.8 Å².